The third-order valence-corrected chi connectivity index (χ3v) is 4.53. The van der Waals surface area contributed by atoms with Gasteiger partial charge in [0.05, 0.1) is 0 Å². The summed E-state index contributed by atoms with van der Waals surface area (Å²) in [6, 6.07) is 4.27. The fraction of sp³-hybridized carbons (Fsp3) is 0.533. The van der Waals surface area contributed by atoms with E-state index in [9.17, 15) is 9.18 Å². The molecule has 1 amide bonds. The first-order valence-corrected chi connectivity index (χ1v) is 7.66. The van der Waals surface area contributed by atoms with Crippen molar-refractivity contribution >= 4 is 21.8 Å². The summed E-state index contributed by atoms with van der Waals surface area (Å²) >= 11 is 3.65. The molecule has 0 radical (unpaired) electrons. The smallest absolute Gasteiger partial charge is 0.251 e. The van der Waals surface area contributed by atoms with Gasteiger partial charge in [0, 0.05) is 16.9 Å². The first kappa shape index (κ1) is 14.5. The number of carbonyl (C=O) groups is 1. The Hall–Kier alpha value is -0.900. The summed E-state index contributed by atoms with van der Waals surface area (Å²) in [6.45, 7) is 2.46. The van der Waals surface area contributed by atoms with E-state index >= 15 is 0 Å². The molecule has 104 valence electrons. The van der Waals surface area contributed by atoms with Gasteiger partial charge in [-0.2, -0.15) is 0 Å². The third-order valence-electron chi connectivity index (χ3n) is 3.70. The van der Waals surface area contributed by atoms with Crippen LogP contribution in [0.3, 0.4) is 0 Å². The van der Waals surface area contributed by atoms with Crippen molar-refractivity contribution in [2.45, 2.75) is 37.4 Å². The minimum Gasteiger partial charge on any atom is -0.352 e. The summed E-state index contributed by atoms with van der Waals surface area (Å²) in [4.78, 5) is 12.6. The van der Waals surface area contributed by atoms with Crippen molar-refractivity contribution in [2.24, 2.45) is 5.92 Å². The Morgan fingerprint density at radius 1 is 1.47 bits per heavy atom. The lowest BCUT2D eigenvalue weighted by Gasteiger charge is -2.25. The van der Waals surface area contributed by atoms with Gasteiger partial charge >= 0.3 is 0 Å². The van der Waals surface area contributed by atoms with Crippen molar-refractivity contribution < 1.29 is 9.18 Å². The highest BCUT2D eigenvalue weighted by atomic mass is 79.9. The van der Waals surface area contributed by atoms with Crippen LogP contribution in [0.4, 0.5) is 4.39 Å². The summed E-state index contributed by atoms with van der Waals surface area (Å²) in [6.07, 6.45) is 4.72. The molecule has 0 heterocycles. The molecule has 1 fully saturated rings. The Morgan fingerprint density at radius 3 is 2.95 bits per heavy atom. The van der Waals surface area contributed by atoms with E-state index in [4.69, 9.17) is 0 Å². The van der Waals surface area contributed by atoms with Gasteiger partial charge in [0.25, 0.3) is 5.91 Å². The number of amides is 1. The minimum atomic E-state index is -0.302. The number of aryl methyl sites for hydroxylation is 1. The Labute approximate surface area is 121 Å². The third kappa shape index (κ3) is 4.03. The van der Waals surface area contributed by atoms with E-state index in [0.717, 1.165) is 6.42 Å². The maximum atomic E-state index is 13.0. The van der Waals surface area contributed by atoms with Gasteiger partial charge in [0.15, 0.2) is 0 Å². The molecule has 0 aromatic heterocycles. The lowest BCUT2D eigenvalue weighted by Crippen LogP contribution is -2.32. The molecule has 1 aromatic rings. The monoisotopic (exact) mass is 327 g/mol. The fourth-order valence-electron chi connectivity index (χ4n) is 2.62. The van der Waals surface area contributed by atoms with Gasteiger partial charge in [0.1, 0.15) is 5.82 Å². The predicted molar refractivity (Wildman–Crippen MR) is 78.1 cm³/mol. The standard InChI is InChI=1S/C15H19BrFNO/c1-10-7-13(17)5-6-14(10)15(19)18-9-11-3-2-4-12(16)8-11/h5-7,11-12H,2-4,8-9H2,1H3,(H,18,19). The van der Waals surface area contributed by atoms with Gasteiger partial charge in [-0.1, -0.05) is 22.4 Å². The second-order valence-electron chi connectivity index (χ2n) is 5.30. The summed E-state index contributed by atoms with van der Waals surface area (Å²) < 4.78 is 13.0. The predicted octanol–water partition coefficient (Wildman–Crippen LogP) is 3.82. The average Bonchev–Trinajstić information content (AvgIpc) is 2.36. The summed E-state index contributed by atoms with van der Waals surface area (Å²) in [5, 5.41) is 2.97. The largest absolute Gasteiger partial charge is 0.352 e. The average molecular weight is 328 g/mol. The van der Waals surface area contributed by atoms with Crippen LogP contribution in [-0.4, -0.2) is 17.3 Å². The molecule has 0 spiro atoms. The van der Waals surface area contributed by atoms with Crippen LogP contribution in [-0.2, 0) is 0 Å². The number of alkyl halides is 1. The summed E-state index contributed by atoms with van der Waals surface area (Å²) in [7, 11) is 0. The normalized spacial score (nSPS) is 23.1. The van der Waals surface area contributed by atoms with Gasteiger partial charge in [-0.05, 0) is 55.9 Å². The molecule has 2 nitrogen and oxygen atoms in total. The first-order chi connectivity index (χ1) is 9.06. The van der Waals surface area contributed by atoms with Crippen molar-refractivity contribution in [3.05, 3.63) is 35.1 Å². The molecule has 4 heteroatoms. The molecule has 1 aromatic carbocycles. The van der Waals surface area contributed by atoms with Crippen LogP contribution in [0.1, 0.15) is 41.6 Å². The van der Waals surface area contributed by atoms with Crippen LogP contribution >= 0.6 is 15.9 Å². The quantitative estimate of drug-likeness (QED) is 0.840. The summed E-state index contributed by atoms with van der Waals surface area (Å²) in [5.74, 6) is 0.139. The molecule has 19 heavy (non-hydrogen) atoms. The first-order valence-electron chi connectivity index (χ1n) is 6.74. The van der Waals surface area contributed by atoms with Gasteiger partial charge < -0.3 is 5.32 Å². The van der Waals surface area contributed by atoms with Gasteiger partial charge in [-0.15, -0.1) is 0 Å². The van der Waals surface area contributed by atoms with E-state index in [1.165, 1.54) is 31.4 Å². The highest BCUT2D eigenvalue weighted by Crippen LogP contribution is 2.28. The van der Waals surface area contributed by atoms with Crippen molar-refractivity contribution in [1.82, 2.24) is 5.32 Å². The van der Waals surface area contributed by atoms with E-state index in [1.54, 1.807) is 13.0 Å². The lowest BCUT2D eigenvalue weighted by atomic mass is 9.89. The van der Waals surface area contributed by atoms with Crippen molar-refractivity contribution in [1.29, 1.82) is 0 Å². The molecular formula is C15H19BrFNO. The van der Waals surface area contributed by atoms with E-state index in [1.807, 2.05) is 0 Å². The molecule has 0 aliphatic heterocycles. The molecule has 0 saturated heterocycles. The highest BCUT2D eigenvalue weighted by Gasteiger charge is 2.20. The maximum absolute atomic E-state index is 13.0. The van der Waals surface area contributed by atoms with Crippen molar-refractivity contribution in [3.8, 4) is 0 Å². The molecule has 2 atom stereocenters. The molecule has 2 unspecified atom stereocenters. The number of hydrogen-bond donors (Lipinski definition) is 1. The molecular weight excluding hydrogens is 309 g/mol. The number of hydrogen-bond acceptors (Lipinski definition) is 1. The number of rotatable bonds is 3. The molecule has 2 rings (SSSR count). The minimum absolute atomic E-state index is 0.103. The number of nitrogens with one attached hydrogen (secondary N) is 1. The Balaban J connectivity index is 1.90. The zero-order chi connectivity index (χ0) is 13.8. The second kappa shape index (κ2) is 6.51. The fourth-order valence-corrected chi connectivity index (χ4v) is 3.48. The number of carbonyl (C=O) groups excluding carboxylic acids is 1. The van der Waals surface area contributed by atoms with Crippen molar-refractivity contribution in [2.75, 3.05) is 6.54 Å². The number of benzene rings is 1. The van der Waals surface area contributed by atoms with Gasteiger partial charge in [0.2, 0.25) is 0 Å². The summed E-state index contributed by atoms with van der Waals surface area (Å²) in [5.41, 5.74) is 1.24. The van der Waals surface area contributed by atoms with E-state index in [2.05, 4.69) is 21.2 Å². The van der Waals surface area contributed by atoms with Crippen molar-refractivity contribution in [3.63, 3.8) is 0 Å². The van der Waals surface area contributed by atoms with Crippen LogP contribution in [0.15, 0.2) is 18.2 Å². The second-order valence-corrected chi connectivity index (χ2v) is 6.59. The van der Waals surface area contributed by atoms with Crippen LogP contribution in [0, 0.1) is 18.7 Å². The van der Waals surface area contributed by atoms with Crippen LogP contribution in [0.2, 0.25) is 0 Å². The van der Waals surface area contributed by atoms with Gasteiger partial charge in [-0.3, -0.25) is 4.79 Å². The zero-order valence-corrected chi connectivity index (χ0v) is 12.7. The Morgan fingerprint density at radius 2 is 2.26 bits per heavy atom. The molecule has 1 N–H and O–H groups in total. The van der Waals surface area contributed by atoms with Crippen LogP contribution in [0.5, 0.6) is 0 Å². The topological polar surface area (TPSA) is 29.1 Å². The molecule has 1 aliphatic carbocycles. The SMILES string of the molecule is Cc1cc(F)ccc1C(=O)NCC1CCCC(Br)C1. The maximum Gasteiger partial charge on any atom is 0.251 e. The number of halogens is 2. The van der Waals surface area contributed by atoms with Gasteiger partial charge in [-0.25, -0.2) is 4.39 Å². The van der Waals surface area contributed by atoms with E-state index in [-0.39, 0.29) is 11.7 Å². The highest BCUT2D eigenvalue weighted by molar-refractivity contribution is 9.09. The Bertz CT molecular complexity index is 463. The van der Waals surface area contributed by atoms with Crippen LogP contribution < -0.4 is 5.32 Å². The molecule has 0 bridgehead atoms. The van der Waals surface area contributed by atoms with E-state index in [0.29, 0.717) is 28.4 Å². The molecule has 1 aliphatic rings. The van der Waals surface area contributed by atoms with E-state index < -0.39 is 0 Å². The molecule has 1 saturated carbocycles. The Kier molecular flexibility index (Phi) is 4.97. The zero-order valence-electron chi connectivity index (χ0n) is 11.1. The lowest BCUT2D eigenvalue weighted by molar-refractivity contribution is 0.0943. The van der Waals surface area contributed by atoms with Crippen LogP contribution in [0.25, 0.3) is 0 Å².